The lowest BCUT2D eigenvalue weighted by Gasteiger charge is -2.22. The highest BCUT2D eigenvalue weighted by atomic mass is 32.2. The van der Waals surface area contributed by atoms with Gasteiger partial charge in [-0.3, -0.25) is 9.10 Å². The van der Waals surface area contributed by atoms with E-state index in [-0.39, 0.29) is 11.5 Å². The van der Waals surface area contributed by atoms with E-state index >= 15 is 0 Å². The first-order chi connectivity index (χ1) is 16.6. The number of hydrogen-bond acceptors (Lipinski definition) is 6. The Bertz CT molecular complexity index is 1370. The van der Waals surface area contributed by atoms with Crippen LogP contribution in [0, 0.1) is 19.7 Å². The lowest BCUT2D eigenvalue weighted by atomic mass is 10.2. The number of methoxy groups -OCH3 is 2. The predicted octanol–water partition coefficient (Wildman–Crippen LogP) is 3.17. The number of hydrazone groups is 1. The maximum Gasteiger partial charge on any atom is 0.260 e. The van der Waals surface area contributed by atoms with Crippen molar-refractivity contribution in [3.63, 3.8) is 0 Å². The molecule has 0 radical (unpaired) electrons. The van der Waals surface area contributed by atoms with Crippen LogP contribution in [0.15, 0.2) is 53.6 Å². The summed E-state index contributed by atoms with van der Waals surface area (Å²) in [4.78, 5) is 12.5. The largest absolute Gasteiger partial charge is 0.493 e. The fourth-order valence-corrected chi connectivity index (χ4v) is 4.49. The van der Waals surface area contributed by atoms with E-state index < -0.39 is 22.5 Å². The van der Waals surface area contributed by atoms with Gasteiger partial charge in [-0.25, -0.2) is 18.2 Å². The van der Waals surface area contributed by atoms with Crippen molar-refractivity contribution < 1.29 is 27.1 Å². The van der Waals surface area contributed by atoms with E-state index in [9.17, 15) is 17.6 Å². The average Bonchev–Trinajstić information content (AvgIpc) is 3.09. The van der Waals surface area contributed by atoms with Crippen LogP contribution in [0.25, 0.3) is 5.69 Å². The van der Waals surface area contributed by atoms with Gasteiger partial charge in [-0.1, -0.05) is 12.1 Å². The number of hydrogen-bond donors (Lipinski definition) is 1. The molecule has 35 heavy (non-hydrogen) atoms. The van der Waals surface area contributed by atoms with Gasteiger partial charge in [-0.2, -0.15) is 5.10 Å². The summed E-state index contributed by atoms with van der Waals surface area (Å²) in [6, 6.07) is 12.8. The molecule has 0 aliphatic heterocycles. The highest BCUT2D eigenvalue weighted by Crippen LogP contribution is 2.32. The highest BCUT2D eigenvalue weighted by molar-refractivity contribution is 7.92. The van der Waals surface area contributed by atoms with Gasteiger partial charge in [-0.05, 0) is 44.2 Å². The summed E-state index contributed by atoms with van der Waals surface area (Å²) < 4.78 is 52.1. The van der Waals surface area contributed by atoms with Crippen LogP contribution in [-0.4, -0.2) is 52.1 Å². The van der Waals surface area contributed by atoms with Crippen molar-refractivity contribution in [3.8, 4) is 17.2 Å². The molecule has 0 saturated carbocycles. The Morgan fingerprint density at radius 3 is 2.43 bits per heavy atom. The minimum absolute atomic E-state index is 0.234. The molecule has 3 rings (SSSR count). The molecule has 0 saturated heterocycles. The molecule has 186 valence electrons. The van der Waals surface area contributed by atoms with Gasteiger partial charge in [0.2, 0.25) is 10.0 Å². The van der Waals surface area contributed by atoms with Gasteiger partial charge in [0.15, 0.2) is 11.5 Å². The molecule has 0 spiro atoms. The van der Waals surface area contributed by atoms with Crippen molar-refractivity contribution in [1.29, 1.82) is 0 Å². The maximum absolute atomic E-state index is 14.3. The number of carbonyl (C=O) groups excluding carboxylic acids is 1. The molecule has 0 aliphatic rings. The SMILES string of the molecule is COc1ccc(N(CC(=O)N/N=C\c2cc(C)n(-c3ccccc3F)c2C)S(C)(=O)=O)cc1OC. The minimum Gasteiger partial charge on any atom is -0.493 e. The lowest BCUT2D eigenvalue weighted by molar-refractivity contribution is -0.119. The van der Waals surface area contributed by atoms with Crippen molar-refractivity contribution >= 4 is 27.8 Å². The lowest BCUT2D eigenvalue weighted by Crippen LogP contribution is -2.39. The summed E-state index contributed by atoms with van der Waals surface area (Å²) in [5, 5.41) is 3.96. The average molecular weight is 503 g/mol. The number of para-hydroxylation sites is 1. The Labute approximate surface area is 203 Å². The molecule has 3 aromatic rings. The molecule has 0 aliphatic carbocycles. The summed E-state index contributed by atoms with van der Waals surface area (Å²) in [6.07, 6.45) is 2.43. The zero-order chi connectivity index (χ0) is 25.8. The second-order valence-corrected chi connectivity index (χ2v) is 9.62. The monoisotopic (exact) mass is 502 g/mol. The molecule has 1 amide bonds. The number of carbonyl (C=O) groups is 1. The van der Waals surface area contributed by atoms with Gasteiger partial charge >= 0.3 is 0 Å². The maximum atomic E-state index is 14.3. The van der Waals surface area contributed by atoms with Crippen LogP contribution in [-0.2, 0) is 14.8 Å². The first-order valence-corrected chi connectivity index (χ1v) is 12.4. The quantitative estimate of drug-likeness (QED) is 0.358. The van der Waals surface area contributed by atoms with Crippen LogP contribution in [0.2, 0.25) is 0 Å². The second kappa shape index (κ2) is 10.6. The standard InChI is InChI=1S/C24H27FN4O5S/c1-16-12-18(17(2)29(16)21-9-7-6-8-20(21)25)14-26-27-24(30)15-28(35(5,31)32)19-10-11-22(33-3)23(13-19)34-4/h6-14H,15H2,1-5H3,(H,27,30)/b26-14-. The van der Waals surface area contributed by atoms with Gasteiger partial charge in [0.05, 0.1) is 38.1 Å². The fraction of sp³-hybridized carbons (Fsp3) is 0.250. The molecule has 1 aromatic heterocycles. The third-order valence-electron chi connectivity index (χ3n) is 5.30. The summed E-state index contributed by atoms with van der Waals surface area (Å²) >= 11 is 0. The Hall–Kier alpha value is -3.86. The number of anilines is 1. The Balaban J connectivity index is 1.77. The van der Waals surface area contributed by atoms with E-state index in [1.54, 1.807) is 28.8 Å². The highest BCUT2D eigenvalue weighted by Gasteiger charge is 2.22. The summed E-state index contributed by atoms with van der Waals surface area (Å²) in [6.45, 7) is 3.15. The number of nitrogens with one attached hydrogen (secondary N) is 1. The Morgan fingerprint density at radius 1 is 1.11 bits per heavy atom. The Morgan fingerprint density at radius 2 is 1.80 bits per heavy atom. The molecule has 11 heteroatoms. The van der Waals surface area contributed by atoms with Crippen molar-refractivity contribution in [1.82, 2.24) is 9.99 Å². The normalized spacial score (nSPS) is 11.5. The molecule has 1 N–H and O–H groups in total. The number of halogens is 1. The van der Waals surface area contributed by atoms with Gasteiger partial charge in [0.25, 0.3) is 5.91 Å². The van der Waals surface area contributed by atoms with Crippen molar-refractivity contribution in [2.45, 2.75) is 13.8 Å². The predicted molar refractivity (Wildman–Crippen MR) is 133 cm³/mol. The molecule has 0 fully saturated rings. The van der Waals surface area contributed by atoms with Gasteiger partial charge in [0.1, 0.15) is 12.4 Å². The minimum atomic E-state index is -3.79. The van der Waals surface area contributed by atoms with E-state index in [2.05, 4.69) is 10.5 Å². The number of amides is 1. The Kier molecular flexibility index (Phi) is 7.80. The number of benzene rings is 2. The first kappa shape index (κ1) is 25.8. The smallest absolute Gasteiger partial charge is 0.260 e. The number of nitrogens with zero attached hydrogens (tertiary/aromatic N) is 3. The first-order valence-electron chi connectivity index (χ1n) is 10.5. The van der Waals surface area contributed by atoms with Crippen LogP contribution in [0.4, 0.5) is 10.1 Å². The molecule has 1 heterocycles. The van der Waals surface area contributed by atoms with E-state index in [0.29, 0.717) is 22.7 Å². The molecule has 0 atom stereocenters. The summed E-state index contributed by atoms with van der Waals surface area (Å²) in [5.74, 6) is -0.263. The summed E-state index contributed by atoms with van der Waals surface area (Å²) in [7, 11) is -0.902. The number of rotatable bonds is 9. The van der Waals surface area contributed by atoms with E-state index in [1.165, 1.54) is 38.6 Å². The van der Waals surface area contributed by atoms with Crippen molar-refractivity contribution in [2.75, 3.05) is 31.3 Å². The van der Waals surface area contributed by atoms with Crippen LogP contribution >= 0.6 is 0 Å². The van der Waals surface area contributed by atoms with E-state index in [0.717, 1.165) is 21.9 Å². The molecule has 0 unspecified atom stereocenters. The fourth-order valence-electron chi connectivity index (χ4n) is 3.64. The second-order valence-electron chi connectivity index (χ2n) is 7.72. The zero-order valence-electron chi connectivity index (χ0n) is 20.1. The van der Waals surface area contributed by atoms with Crippen molar-refractivity contribution in [3.05, 3.63) is 71.3 Å². The van der Waals surface area contributed by atoms with Crippen molar-refractivity contribution in [2.24, 2.45) is 5.10 Å². The van der Waals surface area contributed by atoms with Gasteiger partial charge in [-0.15, -0.1) is 0 Å². The molecular formula is C24H27FN4O5S. The summed E-state index contributed by atoms with van der Waals surface area (Å²) in [5.41, 5.74) is 5.18. The number of aromatic nitrogens is 1. The van der Waals surface area contributed by atoms with E-state index in [4.69, 9.17) is 9.47 Å². The molecule has 0 bridgehead atoms. The van der Waals surface area contributed by atoms with Gasteiger partial charge < -0.3 is 14.0 Å². The number of aryl methyl sites for hydroxylation is 1. The molecular weight excluding hydrogens is 475 g/mol. The zero-order valence-corrected chi connectivity index (χ0v) is 20.9. The van der Waals surface area contributed by atoms with Crippen LogP contribution < -0.4 is 19.2 Å². The van der Waals surface area contributed by atoms with Crippen LogP contribution in [0.5, 0.6) is 11.5 Å². The van der Waals surface area contributed by atoms with Gasteiger partial charge in [0, 0.05) is 23.0 Å². The number of ether oxygens (including phenoxy) is 2. The number of sulfonamides is 1. The van der Waals surface area contributed by atoms with Crippen LogP contribution in [0.1, 0.15) is 17.0 Å². The third kappa shape index (κ3) is 5.80. The molecule has 9 nitrogen and oxygen atoms in total. The van der Waals surface area contributed by atoms with Crippen LogP contribution in [0.3, 0.4) is 0 Å². The molecule has 2 aromatic carbocycles. The third-order valence-corrected chi connectivity index (χ3v) is 6.44. The van der Waals surface area contributed by atoms with E-state index in [1.807, 2.05) is 19.9 Å². The topological polar surface area (TPSA) is 102 Å².